The minimum Gasteiger partial charge on any atom is -0.368 e. The van der Waals surface area contributed by atoms with Crippen molar-refractivity contribution in [1.82, 2.24) is 15.0 Å². The molecule has 0 atom stereocenters. The fraction of sp³-hybridized carbons (Fsp3) is 0.357. The molecule has 2 rings (SSSR count). The Morgan fingerprint density at radius 2 is 1.70 bits per heavy atom. The molecule has 6 nitrogen and oxygen atoms in total. The predicted octanol–water partition coefficient (Wildman–Crippen LogP) is 1.99. The number of nitrogen functional groups attached to an aromatic ring is 1. The monoisotopic (exact) mass is 272 g/mol. The fourth-order valence-electron chi connectivity index (χ4n) is 1.98. The molecule has 0 bridgehead atoms. The van der Waals surface area contributed by atoms with Crippen molar-refractivity contribution >= 4 is 23.5 Å². The maximum absolute atomic E-state index is 5.79. The fourth-order valence-corrected chi connectivity index (χ4v) is 1.98. The topological polar surface area (TPSA) is 71.2 Å². The van der Waals surface area contributed by atoms with E-state index in [2.05, 4.69) is 34.9 Å². The third-order valence-corrected chi connectivity index (χ3v) is 2.99. The highest BCUT2D eigenvalue weighted by molar-refractivity contribution is 5.62. The summed E-state index contributed by atoms with van der Waals surface area (Å²) in [7, 11) is 3.76. The molecule has 0 amide bonds. The second-order valence-electron chi connectivity index (χ2n) is 4.72. The molecule has 0 fully saturated rings. The molecule has 0 aliphatic carbocycles. The van der Waals surface area contributed by atoms with Crippen molar-refractivity contribution in [1.29, 1.82) is 0 Å². The van der Waals surface area contributed by atoms with E-state index in [4.69, 9.17) is 5.73 Å². The average Bonchev–Trinajstić information content (AvgIpc) is 2.41. The summed E-state index contributed by atoms with van der Waals surface area (Å²) in [6, 6.07) is 8.13. The van der Waals surface area contributed by atoms with Gasteiger partial charge >= 0.3 is 0 Å². The largest absolute Gasteiger partial charge is 0.368 e. The zero-order valence-corrected chi connectivity index (χ0v) is 12.3. The first-order valence-corrected chi connectivity index (χ1v) is 6.55. The van der Waals surface area contributed by atoms with Crippen molar-refractivity contribution in [2.45, 2.75) is 13.8 Å². The van der Waals surface area contributed by atoms with Crippen LogP contribution in [0.4, 0.5) is 23.5 Å². The van der Waals surface area contributed by atoms with Crippen molar-refractivity contribution in [3.05, 3.63) is 29.8 Å². The second kappa shape index (κ2) is 5.73. The predicted molar refractivity (Wildman–Crippen MR) is 82.4 cm³/mol. The van der Waals surface area contributed by atoms with Gasteiger partial charge in [-0.25, -0.2) is 0 Å². The van der Waals surface area contributed by atoms with E-state index >= 15 is 0 Å². The molecule has 1 aromatic heterocycles. The molecular formula is C14H20N6. The Bertz CT molecular complexity index is 596. The van der Waals surface area contributed by atoms with E-state index in [0.717, 1.165) is 12.2 Å². The van der Waals surface area contributed by atoms with Gasteiger partial charge in [0, 0.05) is 26.3 Å². The number of para-hydroxylation sites is 1. The first kappa shape index (κ1) is 14.0. The van der Waals surface area contributed by atoms with Crippen molar-refractivity contribution in [3.63, 3.8) is 0 Å². The number of nitrogens with two attached hydrogens (primary N) is 1. The van der Waals surface area contributed by atoms with Crippen LogP contribution in [-0.4, -0.2) is 35.6 Å². The van der Waals surface area contributed by atoms with Crippen molar-refractivity contribution < 1.29 is 0 Å². The van der Waals surface area contributed by atoms with Gasteiger partial charge in [0.1, 0.15) is 0 Å². The van der Waals surface area contributed by atoms with Crippen LogP contribution in [0.5, 0.6) is 0 Å². The van der Waals surface area contributed by atoms with Crippen molar-refractivity contribution in [2.75, 3.05) is 36.2 Å². The minimum absolute atomic E-state index is 0.228. The van der Waals surface area contributed by atoms with Gasteiger partial charge in [-0.05, 0) is 25.5 Å². The summed E-state index contributed by atoms with van der Waals surface area (Å²) in [4.78, 5) is 16.7. The van der Waals surface area contributed by atoms with E-state index in [1.54, 1.807) is 0 Å². The quantitative estimate of drug-likeness (QED) is 0.917. The summed E-state index contributed by atoms with van der Waals surface area (Å²) >= 11 is 0. The SMILES string of the molecule is CCN(c1nc(N)nc(N(C)C)n1)c1ccccc1C. The van der Waals surface area contributed by atoms with E-state index in [9.17, 15) is 0 Å². The van der Waals surface area contributed by atoms with E-state index in [-0.39, 0.29) is 5.95 Å². The number of hydrogen-bond acceptors (Lipinski definition) is 6. The summed E-state index contributed by atoms with van der Waals surface area (Å²) in [5.74, 6) is 1.35. The van der Waals surface area contributed by atoms with Crippen LogP contribution in [0.25, 0.3) is 0 Å². The van der Waals surface area contributed by atoms with Crippen LogP contribution in [0, 0.1) is 6.92 Å². The number of aryl methyl sites for hydroxylation is 1. The van der Waals surface area contributed by atoms with Gasteiger partial charge in [0.2, 0.25) is 17.8 Å². The minimum atomic E-state index is 0.228. The Hall–Kier alpha value is -2.37. The van der Waals surface area contributed by atoms with E-state index in [1.807, 2.05) is 42.1 Å². The first-order chi connectivity index (χ1) is 9.52. The zero-order valence-electron chi connectivity index (χ0n) is 12.3. The molecule has 20 heavy (non-hydrogen) atoms. The number of rotatable bonds is 4. The summed E-state index contributed by atoms with van der Waals surface area (Å²) in [5, 5.41) is 0. The molecule has 106 valence electrons. The van der Waals surface area contributed by atoms with Crippen LogP contribution in [0.1, 0.15) is 12.5 Å². The van der Waals surface area contributed by atoms with Gasteiger partial charge in [-0.15, -0.1) is 0 Å². The lowest BCUT2D eigenvalue weighted by molar-refractivity contribution is 0.899. The number of anilines is 4. The molecule has 0 unspecified atom stereocenters. The first-order valence-electron chi connectivity index (χ1n) is 6.55. The highest BCUT2D eigenvalue weighted by atomic mass is 15.3. The highest BCUT2D eigenvalue weighted by Crippen LogP contribution is 2.26. The molecule has 6 heteroatoms. The molecule has 0 saturated heterocycles. The Balaban J connectivity index is 2.50. The van der Waals surface area contributed by atoms with E-state index < -0.39 is 0 Å². The van der Waals surface area contributed by atoms with Crippen LogP contribution in [0.15, 0.2) is 24.3 Å². The van der Waals surface area contributed by atoms with Gasteiger partial charge in [0.25, 0.3) is 0 Å². The van der Waals surface area contributed by atoms with Gasteiger partial charge in [-0.1, -0.05) is 18.2 Å². The molecule has 2 aromatic rings. The number of nitrogens with zero attached hydrogens (tertiary/aromatic N) is 5. The second-order valence-corrected chi connectivity index (χ2v) is 4.72. The lowest BCUT2D eigenvalue weighted by atomic mass is 10.2. The molecule has 1 aromatic carbocycles. The van der Waals surface area contributed by atoms with Crippen molar-refractivity contribution in [3.8, 4) is 0 Å². The normalized spacial score (nSPS) is 10.4. The third-order valence-electron chi connectivity index (χ3n) is 2.99. The Labute approximate surface area is 119 Å². The van der Waals surface area contributed by atoms with Gasteiger partial charge in [-0.2, -0.15) is 15.0 Å². The Kier molecular flexibility index (Phi) is 4.02. The maximum atomic E-state index is 5.79. The highest BCUT2D eigenvalue weighted by Gasteiger charge is 2.15. The maximum Gasteiger partial charge on any atom is 0.236 e. The van der Waals surface area contributed by atoms with Crippen LogP contribution < -0.4 is 15.5 Å². The standard InChI is InChI=1S/C14H20N6/c1-5-20(11-9-7-6-8-10(11)2)14-17-12(15)16-13(18-14)19(3)4/h6-9H,5H2,1-4H3,(H2,15,16,17,18). The summed E-state index contributed by atoms with van der Waals surface area (Å²) in [6.07, 6.45) is 0. The van der Waals surface area contributed by atoms with Crippen LogP contribution in [0.3, 0.4) is 0 Å². The van der Waals surface area contributed by atoms with E-state index in [0.29, 0.717) is 11.9 Å². The molecule has 2 N–H and O–H groups in total. The molecule has 0 radical (unpaired) electrons. The van der Waals surface area contributed by atoms with Gasteiger partial charge < -0.3 is 15.5 Å². The number of hydrogen-bond donors (Lipinski definition) is 1. The molecular weight excluding hydrogens is 252 g/mol. The van der Waals surface area contributed by atoms with E-state index in [1.165, 1.54) is 5.56 Å². The Morgan fingerprint density at radius 1 is 1.05 bits per heavy atom. The lowest BCUT2D eigenvalue weighted by Gasteiger charge is -2.23. The third kappa shape index (κ3) is 2.79. The number of aromatic nitrogens is 3. The summed E-state index contributed by atoms with van der Waals surface area (Å²) in [5.41, 5.74) is 8.03. The van der Waals surface area contributed by atoms with Gasteiger partial charge in [0.15, 0.2) is 0 Å². The van der Waals surface area contributed by atoms with Gasteiger partial charge in [-0.3, -0.25) is 0 Å². The van der Waals surface area contributed by atoms with Crippen molar-refractivity contribution in [2.24, 2.45) is 0 Å². The zero-order chi connectivity index (χ0) is 14.7. The number of benzene rings is 1. The van der Waals surface area contributed by atoms with Crippen LogP contribution in [-0.2, 0) is 0 Å². The summed E-state index contributed by atoms with van der Waals surface area (Å²) < 4.78 is 0. The smallest absolute Gasteiger partial charge is 0.236 e. The lowest BCUT2D eigenvalue weighted by Crippen LogP contribution is -2.23. The van der Waals surface area contributed by atoms with Crippen LogP contribution >= 0.6 is 0 Å². The summed E-state index contributed by atoms with van der Waals surface area (Å²) in [6.45, 7) is 4.87. The van der Waals surface area contributed by atoms with Crippen LogP contribution in [0.2, 0.25) is 0 Å². The molecule has 0 aliphatic rings. The molecule has 0 aliphatic heterocycles. The van der Waals surface area contributed by atoms with Gasteiger partial charge in [0.05, 0.1) is 0 Å². The Morgan fingerprint density at radius 3 is 2.30 bits per heavy atom. The average molecular weight is 272 g/mol. The molecule has 0 spiro atoms. The molecule has 0 saturated carbocycles. The molecule has 1 heterocycles.